The van der Waals surface area contributed by atoms with Crippen molar-refractivity contribution < 1.29 is 17.9 Å². The summed E-state index contributed by atoms with van der Waals surface area (Å²) in [4.78, 5) is 20.8. The van der Waals surface area contributed by atoms with Gasteiger partial charge >= 0.3 is 11.9 Å². The number of nitrogens with one attached hydrogen (secondary N) is 2. The van der Waals surface area contributed by atoms with E-state index in [0.717, 1.165) is 12.3 Å². The average molecular weight is 346 g/mol. The van der Waals surface area contributed by atoms with Gasteiger partial charge in [-0.15, -0.1) is 0 Å². The number of aromatic nitrogens is 3. The van der Waals surface area contributed by atoms with E-state index in [9.17, 15) is 18.0 Å². The highest BCUT2D eigenvalue weighted by Crippen LogP contribution is 2.41. The summed E-state index contributed by atoms with van der Waals surface area (Å²) in [7, 11) is 0. The van der Waals surface area contributed by atoms with Gasteiger partial charge in [0.05, 0.1) is 11.9 Å². The number of alkyl halides is 3. The Morgan fingerprint density at radius 3 is 2.48 bits per heavy atom. The minimum Gasteiger partial charge on any atom is -0.450 e. The Bertz CT molecular complexity index is 1010. The third-order valence-electron chi connectivity index (χ3n) is 3.62. The number of fused-ring (bicyclic) bond motifs is 2. The molecular weight excluding hydrogens is 337 g/mol. The number of aromatic amines is 1. The molecule has 0 spiro atoms. The maximum absolute atomic E-state index is 12.6. The van der Waals surface area contributed by atoms with Crippen molar-refractivity contribution in [3.8, 4) is 22.6 Å². The number of ether oxygens (including phenoxy) is 1. The summed E-state index contributed by atoms with van der Waals surface area (Å²) >= 11 is 0. The lowest BCUT2D eigenvalue weighted by Gasteiger charge is -2.21. The van der Waals surface area contributed by atoms with Crippen LogP contribution in [0.3, 0.4) is 0 Å². The van der Waals surface area contributed by atoms with Crippen LogP contribution in [0.5, 0.6) is 11.5 Å². The Balaban J connectivity index is 1.68. The van der Waals surface area contributed by atoms with Crippen LogP contribution in [-0.2, 0) is 6.18 Å². The predicted molar refractivity (Wildman–Crippen MR) is 82.9 cm³/mol. The molecule has 0 saturated carbocycles. The Hall–Kier alpha value is -3.36. The van der Waals surface area contributed by atoms with Crippen molar-refractivity contribution >= 4 is 11.5 Å². The zero-order valence-electron chi connectivity index (χ0n) is 12.4. The second-order valence-electron chi connectivity index (χ2n) is 5.30. The van der Waals surface area contributed by atoms with E-state index in [2.05, 4.69) is 20.3 Å². The zero-order valence-corrected chi connectivity index (χ0v) is 12.4. The lowest BCUT2D eigenvalue weighted by Crippen LogP contribution is -2.15. The Morgan fingerprint density at radius 2 is 1.76 bits per heavy atom. The fourth-order valence-corrected chi connectivity index (χ4v) is 2.43. The molecule has 3 heterocycles. The lowest BCUT2D eigenvalue weighted by molar-refractivity contribution is -0.141. The SMILES string of the molecule is O=c1ncc2c([nH]1)Nc1cc(-c3ccc(C(F)(F)F)nc3)ccc1O2. The van der Waals surface area contributed by atoms with E-state index in [1.54, 1.807) is 18.2 Å². The van der Waals surface area contributed by atoms with Gasteiger partial charge in [0, 0.05) is 11.8 Å². The molecule has 1 aliphatic heterocycles. The summed E-state index contributed by atoms with van der Waals surface area (Å²) in [5, 5.41) is 3.01. The second-order valence-corrected chi connectivity index (χ2v) is 5.30. The number of rotatable bonds is 1. The molecule has 0 atom stereocenters. The first-order valence-corrected chi connectivity index (χ1v) is 7.12. The van der Waals surface area contributed by atoms with Crippen LogP contribution < -0.4 is 15.7 Å². The van der Waals surface area contributed by atoms with Crippen molar-refractivity contribution in [3.05, 3.63) is 58.9 Å². The van der Waals surface area contributed by atoms with Gasteiger partial charge in [0.25, 0.3) is 0 Å². The first kappa shape index (κ1) is 15.2. The van der Waals surface area contributed by atoms with Crippen molar-refractivity contribution in [1.82, 2.24) is 15.0 Å². The molecule has 1 aromatic carbocycles. The third kappa shape index (κ3) is 2.80. The fraction of sp³-hybridized carbons (Fsp3) is 0.0625. The van der Waals surface area contributed by atoms with Gasteiger partial charge in [-0.25, -0.2) is 4.79 Å². The summed E-state index contributed by atoms with van der Waals surface area (Å²) in [5.74, 6) is 1.23. The monoisotopic (exact) mass is 346 g/mol. The van der Waals surface area contributed by atoms with Gasteiger partial charge in [-0.1, -0.05) is 12.1 Å². The quantitative estimate of drug-likeness (QED) is 0.549. The number of H-pyrrole nitrogens is 1. The normalized spacial score (nSPS) is 12.6. The van der Waals surface area contributed by atoms with Crippen LogP contribution in [0.15, 0.2) is 47.5 Å². The molecule has 0 aliphatic carbocycles. The van der Waals surface area contributed by atoms with Crippen molar-refractivity contribution in [2.45, 2.75) is 6.18 Å². The highest BCUT2D eigenvalue weighted by atomic mass is 19.4. The average Bonchev–Trinajstić information content (AvgIpc) is 2.59. The molecule has 0 saturated heterocycles. The smallest absolute Gasteiger partial charge is 0.433 e. The molecule has 1 aliphatic rings. The van der Waals surface area contributed by atoms with Crippen molar-refractivity contribution in [2.24, 2.45) is 0 Å². The molecule has 2 N–H and O–H groups in total. The summed E-state index contributed by atoms with van der Waals surface area (Å²) < 4.78 is 43.4. The first-order chi connectivity index (χ1) is 11.9. The standard InChI is InChI=1S/C16H9F3N4O2/c17-16(18,19)13-4-2-9(6-20-13)8-1-3-11-10(5-8)22-14-12(25-11)7-21-15(24)23-14/h1-7H,(H2,21,22,23,24). The molecule has 0 fully saturated rings. The number of hydrogen-bond donors (Lipinski definition) is 2. The molecule has 126 valence electrons. The summed E-state index contributed by atoms with van der Waals surface area (Å²) in [6.45, 7) is 0. The molecule has 0 radical (unpaired) electrons. The maximum atomic E-state index is 12.6. The zero-order chi connectivity index (χ0) is 17.6. The number of halogens is 3. The van der Waals surface area contributed by atoms with Crippen molar-refractivity contribution in [2.75, 3.05) is 5.32 Å². The number of nitrogens with zero attached hydrogens (tertiary/aromatic N) is 2. The molecular formula is C16H9F3N4O2. The first-order valence-electron chi connectivity index (χ1n) is 7.12. The molecule has 0 amide bonds. The minimum absolute atomic E-state index is 0.357. The van der Waals surface area contributed by atoms with E-state index in [-0.39, 0.29) is 0 Å². The molecule has 0 bridgehead atoms. The van der Waals surface area contributed by atoms with Gasteiger partial charge in [-0.05, 0) is 23.8 Å². The van der Waals surface area contributed by atoms with Crippen LogP contribution in [-0.4, -0.2) is 15.0 Å². The number of hydrogen-bond acceptors (Lipinski definition) is 5. The number of anilines is 2. The van der Waals surface area contributed by atoms with E-state index >= 15 is 0 Å². The summed E-state index contributed by atoms with van der Waals surface area (Å²) in [6, 6.07) is 7.34. The fourth-order valence-electron chi connectivity index (χ4n) is 2.43. The third-order valence-corrected chi connectivity index (χ3v) is 3.62. The van der Waals surface area contributed by atoms with E-state index in [1.165, 1.54) is 12.3 Å². The van der Waals surface area contributed by atoms with E-state index in [0.29, 0.717) is 34.1 Å². The van der Waals surface area contributed by atoms with E-state index < -0.39 is 17.6 Å². The van der Waals surface area contributed by atoms with E-state index in [1.807, 2.05) is 0 Å². The minimum atomic E-state index is -4.48. The van der Waals surface area contributed by atoms with Gasteiger partial charge in [0.15, 0.2) is 17.3 Å². The highest BCUT2D eigenvalue weighted by molar-refractivity contribution is 5.78. The second kappa shape index (κ2) is 5.33. The van der Waals surface area contributed by atoms with Crippen LogP contribution in [0, 0.1) is 0 Å². The largest absolute Gasteiger partial charge is 0.450 e. The Labute approximate surface area is 138 Å². The predicted octanol–water partition coefficient (Wildman–Crippen LogP) is 3.70. The van der Waals surface area contributed by atoms with Crippen molar-refractivity contribution in [1.29, 1.82) is 0 Å². The summed E-state index contributed by atoms with van der Waals surface area (Å²) in [6.07, 6.45) is -2.01. The van der Waals surface area contributed by atoms with Crippen molar-refractivity contribution in [3.63, 3.8) is 0 Å². The van der Waals surface area contributed by atoms with Gasteiger partial charge in [-0.3, -0.25) is 9.97 Å². The molecule has 0 unspecified atom stereocenters. The van der Waals surface area contributed by atoms with Gasteiger partial charge in [0.2, 0.25) is 0 Å². The number of pyridine rings is 1. The lowest BCUT2D eigenvalue weighted by atomic mass is 10.1. The number of benzene rings is 1. The molecule has 9 heteroatoms. The van der Waals surface area contributed by atoms with Gasteiger partial charge in [0.1, 0.15) is 5.69 Å². The molecule has 25 heavy (non-hydrogen) atoms. The van der Waals surface area contributed by atoms with Crippen LogP contribution in [0.25, 0.3) is 11.1 Å². The van der Waals surface area contributed by atoms with Crippen LogP contribution in [0.4, 0.5) is 24.7 Å². The topological polar surface area (TPSA) is 79.9 Å². The van der Waals surface area contributed by atoms with Gasteiger partial charge < -0.3 is 10.1 Å². The van der Waals surface area contributed by atoms with Crippen LogP contribution >= 0.6 is 0 Å². The van der Waals surface area contributed by atoms with Crippen LogP contribution in [0.1, 0.15) is 5.69 Å². The Kier molecular flexibility index (Phi) is 3.24. The molecule has 3 aromatic rings. The molecule has 4 rings (SSSR count). The molecule has 2 aromatic heterocycles. The van der Waals surface area contributed by atoms with E-state index in [4.69, 9.17) is 4.74 Å². The van der Waals surface area contributed by atoms with Gasteiger partial charge in [-0.2, -0.15) is 18.2 Å². The Morgan fingerprint density at radius 1 is 0.960 bits per heavy atom. The molecule has 6 nitrogen and oxygen atoms in total. The highest BCUT2D eigenvalue weighted by Gasteiger charge is 2.32. The maximum Gasteiger partial charge on any atom is 0.433 e. The summed E-state index contributed by atoms with van der Waals surface area (Å²) in [5.41, 5.74) is 0.255. The van der Waals surface area contributed by atoms with Crippen LogP contribution in [0.2, 0.25) is 0 Å².